The molecule has 0 radical (unpaired) electrons. The summed E-state index contributed by atoms with van der Waals surface area (Å²) in [6.07, 6.45) is 8.95. The minimum Gasteiger partial charge on any atom is -0.388 e. The molecule has 0 atom stereocenters. The number of hydrogen-bond donors (Lipinski definition) is 1. The number of β-amino-alcohol motifs (C(OH)–C–C–N with tert-alkyl or cyclic N) is 1. The van der Waals surface area contributed by atoms with Gasteiger partial charge in [-0.2, -0.15) is 0 Å². The first-order valence-corrected chi connectivity index (χ1v) is 8.15. The van der Waals surface area contributed by atoms with E-state index in [0.717, 1.165) is 44.8 Å². The summed E-state index contributed by atoms with van der Waals surface area (Å²) in [4.78, 5) is 6.52. The van der Waals surface area contributed by atoms with E-state index in [1.54, 1.807) is 0 Å². The summed E-state index contributed by atoms with van der Waals surface area (Å²) in [6.45, 7) is 4.44. The minimum atomic E-state index is -0.518. The average Bonchev–Trinajstić information content (AvgIpc) is 2.51. The molecule has 0 spiro atoms. The fraction of sp³-hybridized carbons (Fsp3) is 0.706. The quantitative estimate of drug-likeness (QED) is 0.919. The maximum atomic E-state index is 10.6. The fourth-order valence-corrected chi connectivity index (χ4v) is 3.53. The van der Waals surface area contributed by atoms with Crippen LogP contribution in [0.2, 0.25) is 0 Å². The van der Waals surface area contributed by atoms with Crippen molar-refractivity contribution in [2.24, 2.45) is 5.92 Å². The maximum absolute atomic E-state index is 10.6. The number of rotatable bonds is 4. The molecule has 1 N–H and O–H groups in total. The first kappa shape index (κ1) is 14.9. The smallest absolute Gasteiger partial charge is 0.0817 e. The largest absolute Gasteiger partial charge is 0.388 e. The van der Waals surface area contributed by atoms with Crippen LogP contribution in [0, 0.1) is 5.92 Å². The van der Waals surface area contributed by atoms with E-state index in [1.807, 2.05) is 12.4 Å². The number of ether oxygens (including phenoxy) is 1. The molecule has 3 rings (SSSR count). The highest BCUT2D eigenvalue weighted by molar-refractivity contribution is 5.10. The SMILES string of the molecule is OC1(CN2CCC(Cc3ccncc3)CC2)CCOCC1. The van der Waals surface area contributed by atoms with Crippen LogP contribution < -0.4 is 0 Å². The normalized spacial score (nSPS) is 24.0. The third-order valence-electron chi connectivity index (χ3n) is 4.92. The Balaban J connectivity index is 1.44. The summed E-state index contributed by atoms with van der Waals surface area (Å²) in [6, 6.07) is 4.24. The van der Waals surface area contributed by atoms with Crippen molar-refractivity contribution in [3.05, 3.63) is 30.1 Å². The summed E-state index contributed by atoms with van der Waals surface area (Å²) in [5.74, 6) is 0.771. The Morgan fingerprint density at radius 2 is 1.86 bits per heavy atom. The molecule has 0 amide bonds. The lowest BCUT2D eigenvalue weighted by Crippen LogP contribution is -2.49. The predicted octanol–water partition coefficient (Wildman–Crippen LogP) is 1.88. The number of likely N-dealkylation sites (tertiary alicyclic amines) is 1. The minimum absolute atomic E-state index is 0.518. The van der Waals surface area contributed by atoms with Gasteiger partial charge in [0.05, 0.1) is 5.60 Å². The molecule has 21 heavy (non-hydrogen) atoms. The number of aromatic nitrogens is 1. The van der Waals surface area contributed by atoms with Crippen LogP contribution in [0.25, 0.3) is 0 Å². The third kappa shape index (κ3) is 4.25. The summed E-state index contributed by atoms with van der Waals surface area (Å²) < 4.78 is 5.35. The van der Waals surface area contributed by atoms with Gasteiger partial charge in [0.25, 0.3) is 0 Å². The molecule has 4 heteroatoms. The van der Waals surface area contributed by atoms with Gasteiger partial charge in [-0.25, -0.2) is 0 Å². The van der Waals surface area contributed by atoms with E-state index in [2.05, 4.69) is 22.0 Å². The van der Waals surface area contributed by atoms with Crippen molar-refractivity contribution in [3.8, 4) is 0 Å². The molecule has 0 unspecified atom stereocenters. The summed E-state index contributed by atoms with van der Waals surface area (Å²) in [5.41, 5.74) is 0.877. The molecule has 2 aliphatic rings. The van der Waals surface area contributed by atoms with Crippen LogP contribution in [0.4, 0.5) is 0 Å². The van der Waals surface area contributed by atoms with Gasteiger partial charge in [-0.15, -0.1) is 0 Å². The van der Waals surface area contributed by atoms with Crippen LogP contribution in [0.15, 0.2) is 24.5 Å². The molecular formula is C17H26N2O2. The number of piperidine rings is 1. The predicted molar refractivity (Wildman–Crippen MR) is 82.1 cm³/mol. The highest BCUT2D eigenvalue weighted by atomic mass is 16.5. The van der Waals surface area contributed by atoms with Crippen LogP contribution in [0.1, 0.15) is 31.2 Å². The number of pyridine rings is 1. The van der Waals surface area contributed by atoms with E-state index < -0.39 is 5.60 Å². The van der Waals surface area contributed by atoms with Crippen molar-refractivity contribution in [1.29, 1.82) is 0 Å². The van der Waals surface area contributed by atoms with Gasteiger partial charge in [0.2, 0.25) is 0 Å². The number of aliphatic hydroxyl groups is 1. The van der Waals surface area contributed by atoms with E-state index in [-0.39, 0.29) is 0 Å². The zero-order valence-corrected chi connectivity index (χ0v) is 12.7. The molecule has 0 bridgehead atoms. The lowest BCUT2D eigenvalue weighted by Gasteiger charge is -2.40. The summed E-state index contributed by atoms with van der Waals surface area (Å²) >= 11 is 0. The Hall–Kier alpha value is -0.970. The van der Waals surface area contributed by atoms with E-state index in [4.69, 9.17) is 4.74 Å². The van der Waals surface area contributed by atoms with Crippen molar-refractivity contribution in [3.63, 3.8) is 0 Å². The molecule has 3 heterocycles. The van der Waals surface area contributed by atoms with Gasteiger partial charge in [-0.05, 0) is 56.0 Å². The first-order valence-electron chi connectivity index (χ1n) is 8.15. The second kappa shape index (κ2) is 6.86. The van der Waals surface area contributed by atoms with E-state index in [1.165, 1.54) is 18.4 Å². The highest BCUT2D eigenvalue weighted by Crippen LogP contribution is 2.26. The third-order valence-corrected chi connectivity index (χ3v) is 4.92. The van der Waals surface area contributed by atoms with Crippen LogP contribution in [0.5, 0.6) is 0 Å². The van der Waals surface area contributed by atoms with Gasteiger partial charge in [-0.3, -0.25) is 4.98 Å². The van der Waals surface area contributed by atoms with Crippen molar-refractivity contribution in [1.82, 2.24) is 9.88 Å². The van der Waals surface area contributed by atoms with E-state index in [0.29, 0.717) is 13.2 Å². The molecular weight excluding hydrogens is 264 g/mol. The van der Waals surface area contributed by atoms with Gasteiger partial charge in [0.15, 0.2) is 0 Å². The zero-order valence-electron chi connectivity index (χ0n) is 12.7. The van der Waals surface area contributed by atoms with Crippen molar-refractivity contribution < 1.29 is 9.84 Å². The highest BCUT2D eigenvalue weighted by Gasteiger charge is 2.33. The molecule has 4 nitrogen and oxygen atoms in total. The molecule has 0 saturated carbocycles. The Bertz CT molecular complexity index is 424. The van der Waals surface area contributed by atoms with Gasteiger partial charge < -0.3 is 14.7 Å². The second-order valence-electron chi connectivity index (χ2n) is 6.62. The molecule has 2 saturated heterocycles. The van der Waals surface area contributed by atoms with E-state index >= 15 is 0 Å². The average molecular weight is 290 g/mol. The Morgan fingerprint density at radius 3 is 2.52 bits per heavy atom. The van der Waals surface area contributed by atoms with Crippen LogP contribution in [0.3, 0.4) is 0 Å². The standard InChI is InChI=1S/C17H26N2O2/c20-17(5-11-21-12-6-17)14-19-9-3-16(4-10-19)13-15-1-7-18-8-2-15/h1-2,7-8,16,20H,3-6,9-14H2. The van der Waals surface area contributed by atoms with Crippen molar-refractivity contribution >= 4 is 0 Å². The second-order valence-corrected chi connectivity index (χ2v) is 6.62. The fourth-order valence-electron chi connectivity index (χ4n) is 3.53. The molecule has 116 valence electrons. The van der Waals surface area contributed by atoms with Crippen LogP contribution in [-0.2, 0) is 11.2 Å². The monoisotopic (exact) mass is 290 g/mol. The Morgan fingerprint density at radius 1 is 1.19 bits per heavy atom. The Labute approximate surface area is 127 Å². The lowest BCUT2D eigenvalue weighted by molar-refractivity contribution is -0.0829. The van der Waals surface area contributed by atoms with E-state index in [9.17, 15) is 5.11 Å². The maximum Gasteiger partial charge on any atom is 0.0817 e. The Kier molecular flexibility index (Phi) is 4.88. The number of hydrogen-bond acceptors (Lipinski definition) is 4. The molecule has 2 fully saturated rings. The van der Waals surface area contributed by atoms with Gasteiger partial charge in [0, 0.05) is 45.0 Å². The molecule has 0 aliphatic carbocycles. The van der Waals surface area contributed by atoms with Gasteiger partial charge in [0.1, 0.15) is 0 Å². The lowest BCUT2D eigenvalue weighted by atomic mass is 9.88. The molecule has 2 aliphatic heterocycles. The van der Waals surface area contributed by atoms with Gasteiger partial charge >= 0.3 is 0 Å². The molecule has 0 aromatic carbocycles. The summed E-state index contributed by atoms with van der Waals surface area (Å²) in [7, 11) is 0. The van der Waals surface area contributed by atoms with Crippen LogP contribution in [-0.4, -0.2) is 53.4 Å². The van der Waals surface area contributed by atoms with Crippen LogP contribution >= 0.6 is 0 Å². The number of nitrogens with zero attached hydrogens (tertiary/aromatic N) is 2. The summed E-state index contributed by atoms with van der Waals surface area (Å²) in [5, 5.41) is 10.6. The van der Waals surface area contributed by atoms with Crippen molar-refractivity contribution in [2.45, 2.75) is 37.7 Å². The van der Waals surface area contributed by atoms with Gasteiger partial charge in [-0.1, -0.05) is 0 Å². The first-order chi connectivity index (χ1) is 10.2. The zero-order chi connectivity index (χ0) is 14.5. The molecule has 1 aromatic heterocycles. The van der Waals surface area contributed by atoms with Crippen molar-refractivity contribution in [2.75, 3.05) is 32.8 Å². The molecule has 1 aromatic rings. The topological polar surface area (TPSA) is 45.6 Å².